The molecule has 0 bridgehead atoms. The first-order valence-electron chi connectivity index (χ1n) is 10.4. The number of hydrogen-bond acceptors (Lipinski definition) is 3. The van der Waals surface area contributed by atoms with Crippen LogP contribution in [0.1, 0.15) is 44.9 Å². The number of likely N-dealkylation sites (tertiary alicyclic amines) is 1. The monoisotopic (exact) mass is 423 g/mol. The molecule has 1 aliphatic carbocycles. The highest BCUT2D eigenvalue weighted by Gasteiger charge is 2.48. The minimum atomic E-state index is -0.789. The van der Waals surface area contributed by atoms with E-state index in [1.54, 1.807) is 4.90 Å². The van der Waals surface area contributed by atoms with Crippen molar-refractivity contribution in [2.45, 2.75) is 49.8 Å². The van der Waals surface area contributed by atoms with Crippen molar-refractivity contribution in [3.05, 3.63) is 29.8 Å². The first-order chi connectivity index (χ1) is 14.0. The topological polar surface area (TPSA) is 52.7 Å². The second kappa shape index (κ2) is 8.50. The molecule has 1 saturated carbocycles. The van der Waals surface area contributed by atoms with Gasteiger partial charge in [-0.1, -0.05) is 19.3 Å². The summed E-state index contributed by atoms with van der Waals surface area (Å²) in [7, 11) is 0. The van der Waals surface area contributed by atoms with E-state index in [0.29, 0.717) is 19.0 Å². The molecule has 2 aliphatic heterocycles. The largest absolute Gasteiger partial charge is 0.327 e. The Balaban J connectivity index is 1.37. The predicted octanol–water partition coefficient (Wildman–Crippen LogP) is 4.44. The molecule has 2 heterocycles. The van der Waals surface area contributed by atoms with Gasteiger partial charge in [-0.2, -0.15) is 0 Å². The van der Waals surface area contributed by atoms with Crippen molar-refractivity contribution >= 4 is 29.4 Å². The highest BCUT2D eigenvalue weighted by molar-refractivity contribution is 8.00. The van der Waals surface area contributed by atoms with E-state index in [0.717, 1.165) is 63.0 Å². The van der Waals surface area contributed by atoms with Gasteiger partial charge in [-0.25, -0.2) is 13.6 Å². The normalized spacial score (nSPS) is 22.1. The van der Waals surface area contributed by atoms with E-state index in [9.17, 15) is 18.4 Å². The fourth-order valence-corrected chi connectivity index (χ4v) is 6.21. The lowest BCUT2D eigenvalue weighted by atomic mass is 9.87. The van der Waals surface area contributed by atoms with Crippen LogP contribution in [-0.4, -0.2) is 52.0 Å². The Morgan fingerprint density at radius 1 is 1.07 bits per heavy atom. The summed E-state index contributed by atoms with van der Waals surface area (Å²) in [6.45, 7) is 1.80. The number of rotatable bonds is 2. The highest BCUT2D eigenvalue weighted by Crippen LogP contribution is 2.45. The van der Waals surface area contributed by atoms with Crippen LogP contribution in [0, 0.1) is 17.6 Å². The first-order valence-corrected chi connectivity index (χ1v) is 11.4. The molecule has 5 nitrogen and oxygen atoms in total. The number of benzene rings is 1. The second-order valence-electron chi connectivity index (χ2n) is 8.16. The summed E-state index contributed by atoms with van der Waals surface area (Å²) in [6, 6.07) is 2.71. The van der Waals surface area contributed by atoms with Crippen LogP contribution in [0.5, 0.6) is 0 Å². The average Bonchev–Trinajstić information content (AvgIpc) is 3.13. The highest BCUT2D eigenvalue weighted by atomic mass is 32.2. The summed E-state index contributed by atoms with van der Waals surface area (Å²) >= 11 is 1.83. The zero-order valence-electron chi connectivity index (χ0n) is 16.5. The number of piperidine rings is 1. The molecule has 3 aliphatic rings. The van der Waals surface area contributed by atoms with Crippen molar-refractivity contribution in [2.75, 3.05) is 30.7 Å². The SMILES string of the molecule is O=C(Nc1ccc(F)cc1F)N1CCC2(CC1)SCCN2C(=O)C1CCCCC1. The number of halogens is 2. The molecule has 0 atom stereocenters. The lowest BCUT2D eigenvalue weighted by molar-refractivity contribution is -0.140. The van der Waals surface area contributed by atoms with Gasteiger partial charge in [0.1, 0.15) is 11.6 Å². The van der Waals surface area contributed by atoms with Crippen molar-refractivity contribution in [1.29, 1.82) is 0 Å². The Morgan fingerprint density at radius 3 is 2.48 bits per heavy atom. The summed E-state index contributed by atoms with van der Waals surface area (Å²) in [6.07, 6.45) is 6.92. The quantitative estimate of drug-likeness (QED) is 0.765. The second-order valence-corrected chi connectivity index (χ2v) is 9.62. The minimum absolute atomic E-state index is 0.0268. The Kier molecular flexibility index (Phi) is 5.99. The molecule has 29 heavy (non-hydrogen) atoms. The first kappa shape index (κ1) is 20.4. The molecule has 8 heteroatoms. The number of nitrogens with zero attached hydrogens (tertiary/aromatic N) is 2. The number of hydrogen-bond donors (Lipinski definition) is 1. The Hall–Kier alpha value is -1.83. The summed E-state index contributed by atoms with van der Waals surface area (Å²) in [5.74, 6) is -0.0854. The molecule has 1 N–H and O–H groups in total. The van der Waals surface area contributed by atoms with Gasteiger partial charge in [-0.15, -0.1) is 11.8 Å². The van der Waals surface area contributed by atoms with Crippen LogP contribution in [-0.2, 0) is 4.79 Å². The Morgan fingerprint density at radius 2 is 1.79 bits per heavy atom. The molecular weight excluding hydrogens is 396 g/mol. The maximum atomic E-state index is 13.8. The zero-order chi connectivity index (χ0) is 20.4. The lowest BCUT2D eigenvalue weighted by Gasteiger charge is -2.45. The molecule has 1 aromatic rings. The maximum Gasteiger partial charge on any atom is 0.321 e. The molecule has 4 rings (SSSR count). The van der Waals surface area contributed by atoms with E-state index in [-0.39, 0.29) is 16.5 Å². The number of nitrogens with one attached hydrogen (secondary N) is 1. The molecule has 158 valence electrons. The summed E-state index contributed by atoms with van der Waals surface area (Å²) < 4.78 is 26.9. The van der Waals surface area contributed by atoms with Gasteiger partial charge in [0.25, 0.3) is 0 Å². The lowest BCUT2D eigenvalue weighted by Crippen LogP contribution is -2.55. The predicted molar refractivity (Wildman–Crippen MR) is 110 cm³/mol. The number of anilines is 1. The van der Waals surface area contributed by atoms with E-state index in [4.69, 9.17) is 0 Å². The van der Waals surface area contributed by atoms with Gasteiger partial charge < -0.3 is 15.1 Å². The van der Waals surface area contributed by atoms with E-state index >= 15 is 0 Å². The van der Waals surface area contributed by atoms with Crippen molar-refractivity contribution in [3.8, 4) is 0 Å². The van der Waals surface area contributed by atoms with Gasteiger partial charge in [0.05, 0.1) is 10.6 Å². The number of thioether (sulfide) groups is 1. The van der Waals surface area contributed by atoms with Crippen molar-refractivity contribution < 1.29 is 18.4 Å². The fourth-order valence-electron chi connectivity index (χ4n) is 4.75. The Bertz CT molecular complexity index is 777. The average molecular weight is 424 g/mol. The van der Waals surface area contributed by atoms with Gasteiger partial charge >= 0.3 is 6.03 Å². The van der Waals surface area contributed by atoms with Gasteiger partial charge in [0.2, 0.25) is 5.91 Å². The molecule has 2 saturated heterocycles. The van der Waals surface area contributed by atoms with Crippen LogP contribution in [0.2, 0.25) is 0 Å². The molecule has 0 radical (unpaired) electrons. The molecular formula is C21H27F2N3O2S. The van der Waals surface area contributed by atoms with Crippen molar-refractivity contribution in [2.24, 2.45) is 5.92 Å². The number of carbonyl (C=O) groups excluding carboxylic acids is 2. The zero-order valence-corrected chi connectivity index (χ0v) is 17.3. The van der Waals surface area contributed by atoms with Crippen LogP contribution in [0.25, 0.3) is 0 Å². The minimum Gasteiger partial charge on any atom is -0.327 e. The van der Waals surface area contributed by atoms with E-state index < -0.39 is 17.7 Å². The van der Waals surface area contributed by atoms with Gasteiger partial charge in [-0.3, -0.25) is 4.79 Å². The fraction of sp³-hybridized carbons (Fsp3) is 0.619. The molecule has 1 aromatic carbocycles. The van der Waals surface area contributed by atoms with Crippen molar-refractivity contribution in [1.82, 2.24) is 9.80 Å². The number of amides is 3. The van der Waals surface area contributed by atoms with Crippen LogP contribution in [0.15, 0.2) is 18.2 Å². The summed E-state index contributed by atoms with van der Waals surface area (Å²) in [5, 5.41) is 2.53. The Labute approximate surface area is 174 Å². The van der Waals surface area contributed by atoms with Crippen LogP contribution < -0.4 is 5.32 Å². The third-order valence-electron chi connectivity index (χ3n) is 6.40. The van der Waals surface area contributed by atoms with E-state index in [1.807, 2.05) is 11.8 Å². The van der Waals surface area contributed by atoms with E-state index in [2.05, 4.69) is 10.2 Å². The molecule has 3 amide bonds. The standard InChI is InChI=1S/C21H27F2N3O2S/c22-16-6-7-18(17(23)14-16)24-20(28)25-10-8-21(9-11-25)26(12-13-29-21)19(27)15-4-2-1-3-5-15/h6-7,14-15H,1-5,8-13H2,(H,24,28). The van der Waals surface area contributed by atoms with Gasteiger partial charge in [-0.05, 0) is 37.8 Å². The molecule has 3 fully saturated rings. The van der Waals surface area contributed by atoms with Gasteiger partial charge in [0.15, 0.2) is 0 Å². The number of carbonyl (C=O) groups is 2. The third kappa shape index (κ3) is 4.22. The molecule has 0 aromatic heterocycles. The summed E-state index contributed by atoms with van der Waals surface area (Å²) in [5.41, 5.74) is -0.0268. The van der Waals surface area contributed by atoms with Crippen molar-refractivity contribution in [3.63, 3.8) is 0 Å². The molecule has 1 spiro atoms. The van der Waals surface area contributed by atoms with Crippen LogP contribution in [0.4, 0.5) is 19.3 Å². The third-order valence-corrected chi connectivity index (χ3v) is 7.96. The van der Waals surface area contributed by atoms with E-state index in [1.165, 1.54) is 12.5 Å². The van der Waals surface area contributed by atoms with Gasteiger partial charge in [0, 0.05) is 37.4 Å². The summed E-state index contributed by atoms with van der Waals surface area (Å²) in [4.78, 5) is 29.2. The number of urea groups is 1. The van der Waals surface area contributed by atoms with Crippen LogP contribution >= 0.6 is 11.8 Å². The smallest absolute Gasteiger partial charge is 0.321 e. The maximum absolute atomic E-state index is 13.8. The van der Waals surface area contributed by atoms with Crippen LogP contribution in [0.3, 0.4) is 0 Å². The molecule has 0 unspecified atom stereocenters.